The maximum atomic E-state index is 10.6. The minimum Gasteiger partial charge on any atom is -0.457 e. The molecule has 1 saturated carbocycles. The Balaban J connectivity index is 1.77. The minimum absolute atomic E-state index is 0.285. The van der Waals surface area contributed by atoms with Gasteiger partial charge in [-0.05, 0) is 54.2 Å². The number of rotatable bonds is 9. The van der Waals surface area contributed by atoms with Crippen LogP contribution in [0.3, 0.4) is 0 Å². The second-order valence-electron chi connectivity index (χ2n) is 8.04. The fraction of sp³-hybridized carbons (Fsp3) is 0.400. The summed E-state index contributed by atoms with van der Waals surface area (Å²) in [6.07, 6.45) is 1.92. The van der Waals surface area contributed by atoms with Crippen molar-refractivity contribution in [2.24, 2.45) is 21.6 Å². The van der Waals surface area contributed by atoms with Gasteiger partial charge in [-0.3, -0.25) is 0 Å². The zero-order valence-electron chi connectivity index (χ0n) is 18.2. The Bertz CT molecular complexity index is 1100. The van der Waals surface area contributed by atoms with Crippen molar-refractivity contribution < 1.29 is 4.74 Å². The summed E-state index contributed by atoms with van der Waals surface area (Å²) in [6.45, 7) is 4.22. The van der Waals surface area contributed by atoms with Crippen molar-refractivity contribution in [1.29, 1.82) is 10.5 Å². The molecule has 0 radical (unpaired) electrons. The number of thioether (sulfide) groups is 2. The first-order chi connectivity index (χ1) is 15.5. The molecule has 2 aliphatic rings. The highest BCUT2D eigenvalue weighted by Crippen LogP contribution is 2.85. The molecule has 5 nitrogen and oxygen atoms in total. The molecule has 0 spiro atoms. The molecular weight excluding hydrogens is 436 g/mol. The number of para-hydroxylation sites is 1. The maximum absolute atomic E-state index is 10.6. The summed E-state index contributed by atoms with van der Waals surface area (Å²) in [7, 11) is 0. The quantitative estimate of drug-likeness (QED) is 0.466. The number of fused-ring (bicyclic) bond motifs is 1. The van der Waals surface area contributed by atoms with Crippen LogP contribution in [0.5, 0.6) is 11.5 Å². The van der Waals surface area contributed by atoms with E-state index in [1.165, 1.54) is 0 Å². The van der Waals surface area contributed by atoms with Gasteiger partial charge in [-0.2, -0.15) is 10.5 Å². The largest absolute Gasteiger partial charge is 0.457 e. The van der Waals surface area contributed by atoms with Crippen LogP contribution in [0.2, 0.25) is 0 Å². The number of nitrogens with zero attached hydrogens (tertiary/aromatic N) is 3. The Kier molecular flexibility index (Phi) is 6.16. The zero-order chi connectivity index (χ0) is 22.8. The van der Waals surface area contributed by atoms with Gasteiger partial charge < -0.3 is 10.5 Å². The molecule has 4 rings (SSSR count). The Labute approximate surface area is 198 Å². The molecule has 3 unspecified atom stereocenters. The summed E-state index contributed by atoms with van der Waals surface area (Å²) in [5.41, 5.74) is 5.21. The van der Waals surface area contributed by atoms with E-state index in [1.54, 1.807) is 23.5 Å². The lowest BCUT2D eigenvalue weighted by molar-refractivity contribution is 0.481. The summed E-state index contributed by atoms with van der Waals surface area (Å²) in [5.74, 6) is 3.04. The van der Waals surface area contributed by atoms with Crippen molar-refractivity contribution in [1.82, 2.24) is 0 Å². The predicted molar refractivity (Wildman–Crippen MR) is 132 cm³/mol. The van der Waals surface area contributed by atoms with E-state index in [4.69, 9.17) is 15.5 Å². The van der Waals surface area contributed by atoms with Crippen molar-refractivity contribution in [3.63, 3.8) is 0 Å². The highest BCUT2D eigenvalue weighted by Gasteiger charge is 2.91. The summed E-state index contributed by atoms with van der Waals surface area (Å²) < 4.78 is 5.24. The molecule has 1 aliphatic heterocycles. The third-order valence-electron chi connectivity index (χ3n) is 6.10. The fourth-order valence-electron chi connectivity index (χ4n) is 4.72. The first-order valence-corrected chi connectivity index (χ1v) is 12.8. The molecule has 0 bridgehead atoms. The van der Waals surface area contributed by atoms with Gasteiger partial charge in [0.15, 0.2) is 4.20 Å². The third kappa shape index (κ3) is 3.10. The number of nitrogens with two attached hydrogens (primary N) is 1. The van der Waals surface area contributed by atoms with E-state index in [0.29, 0.717) is 5.75 Å². The molecule has 2 N–H and O–H groups in total. The van der Waals surface area contributed by atoms with Crippen molar-refractivity contribution in [3.8, 4) is 23.6 Å². The fourth-order valence-corrected chi connectivity index (χ4v) is 7.95. The van der Waals surface area contributed by atoms with Gasteiger partial charge in [-0.15, -0.1) is 23.5 Å². The molecule has 2 aromatic rings. The van der Waals surface area contributed by atoms with Crippen molar-refractivity contribution in [2.75, 3.05) is 11.5 Å². The lowest BCUT2D eigenvalue weighted by atomic mass is 9.97. The van der Waals surface area contributed by atoms with Crippen LogP contribution in [-0.4, -0.2) is 21.5 Å². The smallest absolute Gasteiger partial charge is 0.175 e. The lowest BCUT2D eigenvalue weighted by Gasteiger charge is -2.32. The normalized spacial score (nSPS) is 27.0. The molecule has 1 aliphatic carbocycles. The average Bonchev–Trinajstić information content (AvgIpc) is 3.40. The van der Waals surface area contributed by atoms with Crippen molar-refractivity contribution in [3.05, 3.63) is 60.2 Å². The Morgan fingerprint density at radius 1 is 0.969 bits per heavy atom. The van der Waals surface area contributed by atoms with Crippen LogP contribution in [0.15, 0.2) is 59.6 Å². The van der Waals surface area contributed by atoms with Crippen LogP contribution in [-0.2, 0) is 0 Å². The molecule has 32 heavy (non-hydrogen) atoms. The van der Waals surface area contributed by atoms with Crippen molar-refractivity contribution >= 4 is 29.4 Å². The van der Waals surface area contributed by atoms with Crippen molar-refractivity contribution in [2.45, 2.75) is 36.8 Å². The molecule has 0 amide bonds. The summed E-state index contributed by atoms with van der Waals surface area (Å²) >= 11 is 3.32. The molecule has 3 atom stereocenters. The molecule has 164 valence electrons. The van der Waals surface area contributed by atoms with E-state index in [9.17, 15) is 10.5 Å². The number of amidine groups is 1. The van der Waals surface area contributed by atoms with Gasteiger partial charge >= 0.3 is 0 Å². The van der Waals surface area contributed by atoms with E-state index in [0.717, 1.165) is 35.7 Å². The minimum atomic E-state index is -1.12. The number of hydrogen-bond acceptors (Lipinski definition) is 7. The van der Waals surface area contributed by atoms with E-state index in [1.807, 2.05) is 54.6 Å². The summed E-state index contributed by atoms with van der Waals surface area (Å²) in [5, 5.41) is 20.9. The molecular formula is C25H26N4OS2. The predicted octanol–water partition coefficient (Wildman–Crippen LogP) is 5.91. The van der Waals surface area contributed by atoms with Gasteiger partial charge in [0.25, 0.3) is 0 Å². The van der Waals surface area contributed by atoms with E-state index in [2.05, 4.69) is 26.0 Å². The average molecular weight is 463 g/mol. The first-order valence-electron chi connectivity index (χ1n) is 10.8. The Morgan fingerprint density at radius 3 is 2.22 bits per heavy atom. The highest BCUT2D eigenvalue weighted by atomic mass is 32.2. The van der Waals surface area contributed by atoms with Gasteiger partial charge in [0.05, 0.1) is 12.1 Å². The van der Waals surface area contributed by atoms with Crippen LogP contribution in [0.4, 0.5) is 0 Å². The van der Waals surface area contributed by atoms with Gasteiger partial charge in [-0.1, -0.05) is 44.2 Å². The molecule has 1 fully saturated rings. The second kappa shape index (κ2) is 8.73. The van der Waals surface area contributed by atoms with Gasteiger partial charge in [-0.25, -0.2) is 4.99 Å². The molecule has 0 aromatic heterocycles. The molecule has 7 heteroatoms. The van der Waals surface area contributed by atoms with Crippen LogP contribution in [0.25, 0.3) is 0 Å². The first kappa shape index (κ1) is 22.6. The number of benzene rings is 2. The molecule has 0 saturated heterocycles. The summed E-state index contributed by atoms with van der Waals surface area (Å²) in [6, 6.07) is 22.2. The van der Waals surface area contributed by atoms with Gasteiger partial charge in [0.2, 0.25) is 0 Å². The Hall–Kier alpha value is -2.61. The van der Waals surface area contributed by atoms with Gasteiger partial charge in [0, 0.05) is 5.92 Å². The topological polar surface area (TPSA) is 95.2 Å². The monoisotopic (exact) mass is 462 g/mol. The number of hydrogen-bond donors (Lipinski definition) is 1. The van der Waals surface area contributed by atoms with Crippen LogP contribution < -0.4 is 10.5 Å². The van der Waals surface area contributed by atoms with E-state index < -0.39 is 15.0 Å². The highest BCUT2D eigenvalue weighted by molar-refractivity contribution is 8.18. The van der Waals surface area contributed by atoms with E-state index in [-0.39, 0.29) is 11.8 Å². The summed E-state index contributed by atoms with van der Waals surface area (Å²) in [4.78, 5) is 4.82. The van der Waals surface area contributed by atoms with E-state index >= 15 is 0 Å². The lowest BCUT2D eigenvalue weighted by Crippen LogP contribution is -2.32. The standard InChI is InChI=1S/C25H26N4OS2/c1-3-13-31-25(32-14-4-2)24(17-27)21(23(24,16-26)22(28)29-25)18-9-8-12-20(15-18)30-19-10-6-5-7-11-19/h5-12,15,21H,3-4,13-14H2,1-2H3,(H2,28,29). The molecule has 1 heterocycles. The zero-order valence-corrected chi connectivity index (χ0v) is 19.9. The van der Waals surface area contributed by atoms with Crippen LogP contribution >= 0.6 is 23.5 Å². The van der Waals surface area contributed by atoms with Crippen LogP contribution in [0.1, 0.15) is 38.2 Å². The Morgan fingerprint density at radius 2 is 1.62 bits per heavy atom. The SMILES string of the molecule is CCCSC1(SCCC)N=C(N)C2(C#N)C(c3cccc(Oc4ccccc4)c3)C12C#N. The van der Waals surface area contributed by atoms with Gasteiger partial charge in [0.1, 0.15) is 28.2 Å². The number of ether oxygens (including phenoxy) is 1. The van der Waals surface area contributed by atoms with Crippen LogP contribution in [0, 0.1) is 33.5 Å². The number of aliphatic imine (C=N–C) groups is 1. The number of nitriles is 2. The second-order valence-corrected chi connectivity index (χ2v) is 10.9. The third-order valence-corrected chi connectivity index (χ3v) is 9.64. The molecule has 2 aromatic carbocycles. The maximum Gasteiger partial charge on any atom is 0.175 e.